The topological polar surface area (TPSA) is 60.9 Å². The van der Waals surface area contributed by atoms with Crippen LogP contribution in [0.2, 0.25) is 0 Å². The van der Waals surface area contributed by atoms with Crippen LogP contribution < -0.4 is 4.74 Å². The highest BCUT2D eigenvalue weighted by molar-refractivity contribution is 5.88. The fraction of sp³-hybridized carbons (Fsp3) is 0.429. The van der Waals surface area contributed by atoms with Gasteiger partial charge in [0, 0.05) is 50.0 Å². The van der Waals surface area contributed by atoms with Crippen molar-refractivity contribution in [3.63, 3.8) is 0 Å². The quantitative estimate of drug-likeness (QED) is 0.576. The fourth-order valence-electron chi connectivity index (χ4n) is 5.34. The third-order valence-corrected chi connectivity index (χ3v) is 7.25. The highest BCUT2D eigenvalue weighted by atomic mass is 16.5. The number of hydrogen-bond donors (Lipinski definition) is 0. The van der Waals surface area contributed by atoms with Crippen molar-refractivity contribution in [1.29, 1.82) is 0 Å². The molecular weight excluding hydrogens is 428 g/mol. The zero-order valence-electron chi connectivity index (χ0n) is 19.7. The van der Waals surface area contributed by atoms with Gasteiger partial charge in [-0.2, -0.15) is 0 Å². The van der Waals surface area contributed by atoms with Crippen LogP contribution in [-0.4, -0.2) is 62.4 Å². The number of rotatable bonds is 5. The molecular formula is C28H32N2O4. The summed E-state index contributed by atoms with van der Waals surface area (Å²) in [7, 11) is 1.66. The second-order valence-corrected chi connectivity index (χ2v) is 9.38. The first-order chi connectivity index (χ1) is 16.7. The van der Waals surface area contributed by atoms with E-state index in [9.17, 15) is 4.79 Å². The number of benzene rings is 2. The number of carbonyl (C=O) groups excluding carboxylic acids is 1. The standard InChI is InChI=1S/C28H32N2O4/c1-32-26-6-4-25(5-7-26)28(9-13-33-14-10-28)27(31)30-12-15-34-20-22(19-30)16-21-2-3-23-8-11-29-18-24(23)17-21/h2-8,11,17-18,22H,9-10,12-16,19-20H2,1H3. The normalized spacial score (nSPS) is 20.6. The van der Waals surface area contributed by atoms with Gasteiger partial charge < -0.3 is 19.1 Å². The Hall–Kier alpha value is -2.96. The van der Waals surface area contributed by atoms with Gasteiger partial charge in [-0.05, 0) is 60.0 Å². The lowest BCUT2D eigenvalue weighted by atomic mass is 9.72. The number of hydrogen-bond acceptors (Lipinski definition) is 5. The molecule has 1 aromatic heterocycles. The van der Waals surface area contributed by atoms with E-state index < -0.39 is 5.41 Å². The third-order valence-electron chi connectivity index (χ3n) is 7.25. The molecule has 2 fully saturated rings. The lowest BCUT2D eigenvalue weighted by Crippen LogP contribution is -2.51. The molecule has 0 radical (unpaired) electrons. The van der Waals surface area contributed by atoms with Gasteiger partial charge in [0.05, 0.1) is 25.7 Å². The first-order valence-corrected chi connectivity index (χ1v) is 12.1. The first kappa shape index (κ1) is 22.8. The number of aromatic nitrogens is 1. The second-order valence-electron chi connectivity index (χ2n) is 9.38. The predicted molar refractivity (Wildman–Crippen MR) is 131 cm³/mol. The molecule has 2 aliphatic heterocycles. The van der Waals surface area contributed by atoms with Crippen LogP contribution in [-0.2, 0) is 26.1 Å². The van der Waals surface area contributed by atoms with Gasteiger partial charge in [-0.1, -0.05) is 24.3 Å². The number of nitrogens with zero attached hydrogens (tertiary/aromatic N) is 2. The SMILES string of the molecule is COc1ccc(C2(C(=O)N3CCOCC(Cc4ccc5ccncc5c4)C3)CCOCC2)cc1. The van der Waals surface area contributed by atoms with Crippen molar-refractivity contribution in [2.24, 2.45) is 5.92 Å². The average molecular weight is 461 g/mol. The molecule has 1 unspecified atom stereocenters. The maximum atomic E-state index is 14.1. The minimum Gasteiger partial charge on any atom is -0.497 e. The van der Waals surface area contributed by atoms with Crippen LogP contribution in [0, 0.1) is 5.92 Å². The summed E-state index contributed by atoms with van der Waals surface area (Å²) in [5, 5.41) is 2.33. The van der Waals surface area contributed by atoms with Gasteiger partial charge in [0.25, 0.3) is 0 Å². The summed E-state index contributed by atoms with van der Waals surface area (Å²) in [5.74, 6) is 1.24. The van der Waals surface area contributed by atoms with Crippen molar-refractivity contribution < 1.29 is 19.0 Å². The van der Waals surface area contributed by atoms with Crippen LogP contribution in [0.1, 0.15) is 24.0 Å². The van der Waals surface area contributed by atoms with Crippen LogP contribution in [0.15, 0.2) is 60.9 Å². The van der Waals surface area contributed by atoms with Crippen molar-refractivity contribution >= 4 is 16.7 Å². The van der Waals surface area contributed by atoms with Crippen LogP contribution in [0.3, 0.4) is 0 Å². The Morgan fingerprint density at radius 2 is 1.88 bits per heavy atom. The Kier molecular flexibility index (Phi) is 6.79. The summed E-state index contributed by atoms with van der Waals surface area (Å²) in [6.07, 6.45) is 5.98. The number of fused-ring (bicyclic) bond motifs is 1. The molecule has 2 saturated heterocycles. The summed E-state index contributed by atoms with van der Waals surface area (Å²) < 4.78 is 17.0. The van der Waals surface area contributed by atoms with Crippen molar-refractivity contribution in [2.75, 3.05) is 46.6 Å². The Morgan fingerprint density at radius 1 is 1.06 bits per heavy atom. The summed E-state index contributed by atoms with van der Waals surface area (Å²) in [5.41, 5.74) is 1.73. The van der Waals surface area contributed by atoms with E-state index in [0.717, 1.165) is 23.1 Å². The van der Waals surface area contributed by atoms with E-state index in [1.807, 2.05) is 47.6 Å². The molecule has 1 atom stereocenters. The Labute approximate surface area is 200 Å². The summed E-state index contributed by atoms with van der Waals surface area (Å²) in [6, 6.07) is 16.5. The number of ether oxygens (including phenoxy) is 3. The average Bonchev–Trinajstić information content (AvgIpc) is 3.14. The zero-order valence-corrected chi connectivity index (χ0v) is 19.7. The maximum absolute atomic E-state index is 14.1. The van der Waals surface area contributed by atoms with Crippen molar-refractivity contribution in [2.45, 2.75) is 24.7 Å². The summed E-state index contributed by atoms with van der Waals surface area (Å²) in [4.78, 5) is 20.4. The highest BCUT2D eigenvalue weighted by Crippen LogP contribution is 2.38. The van der Waals surface area contributed by atoms with Gasteiger partial charge in [0.15, 0.2) is 0 Å². The molecule has 0 aliphatic carbocycles. The molecule has 3 heterocycles. The van der Waals surface area contributed by atoms with Gasteiger partial charge in [-0.15, -0.1) is 0 Å². The van der Waals surface area contributed by atoms with Gasteiger partial charge >= 0.3 is 0 Å². The van der Waals surface area contributed by atoms with Crippen LogP contribution in [0.4, 0.5) is 0 Å². The smallest absolute Gasteiger partial charge is 0.233 e. The van der Waals surface area contributed by atoms with E-state index in [4.69, 9.17) is 14.2 Å². The van der Waals surface area contributed by atoms with Crippen molar-refractivity contribution in [3.8, 4) is 5.75 Å². The minimum atomic E-state index is -0.561. The molecule has 1 amide bonds. The molecule has 2 aliphatic rings. The van der Waals surface area contributed by atoms with Gasteiger partial charge in [-0.3, -0.25) is 9.78 Å². The minimum absolute atomic E-state index is 0.194. The molecule has 3 aromatic rings. The van der Waals surface area contributed by atoms with Gasteiger partial charge in [0.1, 0.15) is 5.75 Å². The predicted octanol–water partition coefficient (Wildman–Crippen LogP) is 4.01. The van der Waals surface area contributed by atoms with E-state index in [-0.39, 0.29) is 11.8 Å². The Bertz CT molecular complexity index is 1120. The van der Waals surface area contributed by atoms with Crippen molar-refractivity contribution in [1.82, 2.24) is 9.88 Å². The molecule has 0 bridgehead atoms. The first-order valence-electron chi connectivity index (χ1n) is 12.1. The van der Waals surface area contributed by atoms with Crippen molar-refractivity contribution in [3.05, 3.63) is 72.1 Å². The monoisotopic (exact) mass is 460 g/mol. The van der Waals surface area contributed by atoms with Gasteiger partial charge in [-0.25, -0.2) is 0 Å². The van der Waals surface area contributed by atoms with Gasteiger partial charge in [0.2, 0.25) is 5.91 Å². The lowest BCUT2D eigenvalue weighted by Gasteiger charge is -2.40. The molecule has 0 spiro atoms. The van der Waals surface area contributed by atoms with E-state index in [1.165, 1.54) is 10.9 Å². The second kappa shape index (κ2) is 10.1. The van der Waals surface area contributed by atoms with E-state index >= 15 is 0 Å². The fourth-order valence-corrected chi connectivity index (χ4v) is 5.34. The molecule has 178 valence electrons. The Morgan fingerprint density at radius 3 is 2.68 bits per heavy atom. The highest BCUT2D eigenvalue weighted by Gasteiger charge is 2.44. The molecule has 0 saturated carbocycles. The maximum Gasteiger partial charge on any atom is 0.233 e. The lowest BCUT2D eigenvalue weighted by molar-refractivity contribution is -0.141. The Balaban J connectivity index is 1.37. The molecule has 2 aromatic carbocycles. The summed E-state index contributed by atoms with van der Waals surface area (Å²) in [6.45, 7) is 3.73. The van der Waals surface area contributed by atoms with E-state index in [2.05, 4.69) is 23.2 Å². The number of carbonyl (C=O) groups is 1. The number of amides is 1. The summed E-state index contributed by atoms with van der Waals surface area (Å²) >= 11 is 0. The largest absolute Gasteiger partial charge is 0.497 e. The molecule has 6 heteroatoms. The number of pyridine rings is 1. The van der Waals surface area contributed by atoms with E-state index in [1.54, 1.807) is 7.11 Å². The van der Waals surface area contributed by atoms with Crippen LogP contribution >= 0.6 is 0 Å². The third kappa shape index (κ3) is 4.65. The van der Waals surface area contributed by atoms with Crippen LogP contribution in [0.5, 0.6) is 5.75 Å². The zero-order chi connectivity index (χ0) is 23.4. The molecule has 5 rings (SSSR count). The molecule has 34 heavy (non-hydrogen) atoms. The molecule has 6 nitrogen and oxygen atoms in total. The van der Waals surface area contributed by atoms with E-state index in [0.29, 0.717) is 52.4 Å². The molecule has 0 N–H and O–H groups in total. The van der Waals surface area contributed by atoms with Crippen LogP contribution in [0.25, 0.3) is 10.8 Å². The number of methoxy groups -OCH3 is 1.